The molecule has 0 saturated heterocycles. The first-order chi connectivity index (χ1) is 14.3. The average molecular weight is 377 g/mol. The van der Waals surface area contributed by atoms with E-state index >= 15 is 0 Å². The molecule has 6 nitrogen and oxygen atoms in total. The summed E-state index contributed by atoms with van der Waals surface area (Å²) in [5.41, 5.74) is 6.09. The number of fused-ring (bicyclic) bond motifs is 3. The molecule has 6 heteroatoms. The number of H-pyrrole nitrogens is 2. The van der Waals surface area contributed by atoms with Crippen LogP contribution in [0.3, 0.4) is 0 Å². The van der Waals surface area contributed by atoms with Crippen molar-refractivity contribution in [3.8, 4) is 17.1 Å². The first-order valence-corrected chi connectivity index (χ1v) is 9.32. The van der Waals surface area contributed by atoms with E-state index in [-0.39, 0.29) is 5.69 Å². The molecule has 0 saturated carbocycles. The Bertz CT molecular complexity index is 1580. The third-order valence-electron chi connectivity index (χ3n) is 5.21. The number of hydrogen-bond acceptors (Lipinski definition) is 3. The maximum absolute atomic E-state index is 11.7. The second kappa shape index (κ2) is 5.90. The lowest BCUT2D eigenvalue weighted by molar-refractivity contribution is 1.11. The SMILES string of the molecule is O=c1[nH]c2ccc(-n3c(-c4ccnc5ccccc45)nc4ccccc43)cc2[nH]1. The van der Waals surface area contributed by atoms with Crippen molar-refractivity contribution < 1.29 is 0 Å². The summed E-state index contributed by atoms with van der Waals surface area (Å²) in [5.74, 6) is 0.835. The van der Waals surface area contributed by atoms with Gasteiger partial charge in [0, 0.05) is 22.8 Å². The van der Waals surface area contributed by atoms with Gasteiger partial charge in [-0.15, -0.1) is 0 Å². The second-order valence-corrected chi connectivity index (χ2v) is 6.94. The Morgan fingerprint density at radius 3 is 2.52 bits per heavy atom. The minimum Gasteiger partial charge on any atom is -0.306 e. The minimum absolute atomic E-state index is 0.215. The smallest absolute Gasteiger partial charge is 0.306 e. The molecule has 3 aromatic carbocycles. The molecule has 2 N–H and O–H groups in total. The van der Waals surface area contributed by atoms with Crippen molar-refractivity contribution in [1.82, 2.24) is 24.5 Å². The van der Waals surface area contributed by atoms with E-state index in [0.717, 1.165) is 50.0 Å². The molecule has 0 fully saturated rings. The molecule has 6 rings (SSSR count). The highest BCUT2D eigenvalue weighted by atomic mass is 16.1. The van der Waals surface area contributed by atoms with Gasteiger partial charge in [-0.25, -0.2) is 9.78 Å². The lowest BCUT2D eigenvalue weighted by Gasteiger charge is -2.11. The molecular weight excluding hydrogens is 362 g/mol. The predicted octanol–water partition coefficient (Wildman–Crippen LogP) is 4.41. The highest BCUT2D eigenvalue weighted by Crippen LogP contribution is 2.32. The van der Waals surface area contributed by atoms with Gasteiger partial charge in [-0.1, -0.05) is 30.3 Å². The number of nitrogens with one attached hydrogen (secondary N) is 2. The highest BCUT2D eigenvalue weighted by Gasteiger charge is 2.17. The fourth-order valence-electron chi connectivity index (χ4n) is 3.92. The molecule has 0 unspecified atom stereocenters. The van der Waals surface area contributed by atoms with Gasteiger partial charge in [-0.2, -0.15) is 0 Å². The van der Waals surface area contributed by atoms with Gasteiger partial charge in [0.15, 0.2) is 0 Å². The number of imidazole rings is 2. The molecular formula is C23H15N5O. The fraction of sp³-hybridized carbons (Fsp3) is 0. The molecule has 0 bridgehead atoms. The van der Waals surface area contributed by atoms with Gasteiger partial charge in [-0.3, -0.25) is 9.55 Å². The number of aromatic nitrogens is 5. The van der Waals surface area contributed by atoms with Gasteiger partial charge in [0.05, 0.1) is 27.6 Å². The van der Waals surface area contributed by atoms with Crippen molar-refractivity contribution in [2.24, 2.45) is 0 Å². The first-order valence-electron chi connectivity index (χ1n) is 9.32. The number of para-hydroxylation sites is 3. The van der Waals surface area contributed by atoms with Gasteiger partial charge in [0.1, 0.15) is 5.82 Å². The zero-order valence-corrected chi connectivity index (χ0v) is 15.3. The Morgan fingerprint density at radius 1 is 0.793 bits per heavy atom. The summed E-state index contributed by atoms with van der Waals surface area (Å²) in [6, 6.07) is 24.0. The molecule has 0 aliphatic carbocycles. The summed E-state index contributed by atoms with van der Waals surface area (Å²) in [5, 5.41) is 1.04. The summed E-state index contributed by atoms with van der Waals surface area (Å²) in [6.07, 6.45) is 1.81. The molecule has 138 valence electrons. The zero-order valence-electron chi connectivity index (χ0n) is 15.3. The quantitative estimate of drug-likeness (QED) is 0.469. The Labute approximate surface area is 164 Å². The van der Waals surface area contributed by atoms with Crippen LogP contribution in [0.25, 0.3) is 50.0 Å². The molecule has 0 amide bonds. The first kappa shape index (κ1) is 15.8. The summed E-state index contributed by atoms with van der Waals surface area (Å²) in [4.78, 5) is 26.8. The number of rotatable bonds is 2. The number of aromatic amines is 2. The van der Waals surface area contributed by atoms with Crippen LogP contribution in [-0.2, 0) is 0 Å². The van der Waals surface area contributed by atoms with Gasteiger partial charge < -0.3 is 9.97 Å². The van der Waals surface area contributed by atoms with E-state index in [1.165, 1.54) is 0 Å². The van der Waals surface area contributed by atoms with E-state index < -0.39 is 0 Å². The van der Waals surface area contributed by atoms with Crippen molar-refractivity contribution >= 4 is 33.0 Å². The van der Waals surface area contributed by atoms with Crippen LogP contribution in [0.4, 0.5) is 0 Å². The van der Waals surface area contributed by atoms with Gasteiger partial charge in [0.25, 0.3) is 0 Å². The van der Waals surface area contributed by atoms with Gasteiger partial charge >= 0.3 is 5.69 Å². The molecule has 6 aromatic rings. The van der Waals surface area contributed by atoms with Crippen LogP contribution in [0.15, 0.2) is 83.8 Å². The lowest BCUT2D eigenvalue weighted by atomic mass is 10.1. The Hall–Kier alpha value is -4.19. The number of nitrogens with zero attached hydrogens (tertiary/aromatic N) is 3. The van der Waals surface area contributed by atoms with Crippen molar-refractivity contribution in [3.05, 3.63) is 89.5 Å². The summed E-state index contributed by atoms with van der Waals surface area (Å²) >= 11 is 0. The third-order valence-corrected chi connectivity index (χ3v) is 5.21. The van der Waals surface area contributed by atoms with Crippen LogP contribution >= 0.6 is 0 Å². The monoisotopic (exact) mass is 377 g/mol. The van der Waals surface area contributed by atoms with E-state index in [9.17, 15) is 4.79 Å². The topological polar surface area (TPSA) is 79.4 Å². The predicted molar refractivity (Wildman–Crippen MR) is 114 cm³/mol. The molecule has 0 aliphatic rings. The van der Waals surface area contributed by atoms with E-state index in [0.29, 0.717) is 0 Å². The van der Waals surface area contributed by atoms with Crippen LogP contribution in [0, 0.1) is 0 Å². The third kappa shape index (κ3) is 2.39. The molecule has 29 heavy (non-hydrogen) atoms. The van der Waals surface area contributed by atoms with Crippen LogP contribution < -0.4 is 5.69 Å². The van der Waals surface area contributed by atoms with Crippen molar-refractivity contribution in [3.63, 3.8) is 0 Å². The largest absolute Gasteiger partial charge is 0.323 e. The summed E-state index contributed by atoms with van der Waals surface area (Å²) in [6.45, 7) is 0. The maximum Gasteiger partial charge on any atom is 0.323 e. The Kier molecular flexibility index (Phi) is 3.22. The maximum atomic E-state index is 11.7. The minimum atomic E-state index is -0.215. The van der Waals surface area contributed by atoms with E-state index in [4.69, 9.17) is 4.98 Å². The number of pyridine rings is 1. The van der Waals surface area contributed by atoms with Crippen molar-refractivity contribution in [2.45, 2.75) is 0 Å². The van der Waals surface area contributed by atoms with Crippen LogP contribution in [-0.4, -0.2) is 24.5 Å². The summed E-state index contributed by atoms with van der Waals surface area (Å²) in [7, 11) is 0. The molecule has 0 spiro atoms. The van der Waals surface area contributed by atoms with Gasteiger partial charge in [-0.05, 0) is 42.5 Å². The molecule has 0 atom stereocenters. The van der Waals surface area contributed by atoms with E-state index in [1.807, 2.05) is 66.9 Å². The Balaban J connectivity index is 1.72. The Morgan fingerprint density at radius 2 is 1.59 bits per heavy atom. The van der Waals surface area contributed by atoms with E-state index in [2.05, 4.69) is 31.7 Å². The van der Waals surface area contributed by atoms with Gasteiger partial charge in [0.2, 0.25) is 0 Å². The highest BCUT2D eigenvalue weighted by molar-refractivity contribution is 5.95. The van der Waals surface area contributed by atoms with Crippen LogP contribution in [0.1, 0.15) is 0 Å². The zero-order chi connectivity index (χ0) is 19.4. The molecule has 3 aromatic heterocycles. The normalized spacial score (nSPS) is 11.6. The number of hydrogen-bond donors (Lipinski definition) is 2. The second-order valence-electron chi connectivity index (χ2n) is 6.94. The lowest BCUT2D eigenvalue weighted by Crippen LogP contribution is -1.99. The molecule has 0 aliphatic heterocycles. The number of benzene rings is 3. The standard InChI is InChI=1S/C23H15N5O/c29-23-26-18-10-9-14(13-20(18)27-23)28-21-8-4-3-7-19(21)25-22(28)16-11-12-24-17-6-2-1-5-15(16)17/h1-13H,(H2,26,27,29). The average Bonchev–Trinajstić information content (AvgIpc) is 3.32. The molecule has 3 heterocycles. The van der Waals surface area contributed by atoms with Crippen LogP contribution in [0.2, 0.25) is 0 Å². The van der Waals surface area contributed by atoms with E-state index in [1.54, 1.807) is 0 Å². The van der Waals surface area contributed by atoms with Crippen molar-refractivity contribution in [1.29, 1.82) is 0 Å². The fourth-order valence-corrected chi connectivity index (χ4v) is 3.92. The summed E-state index contributed by atoms with van der Waals surface area (Å²) < 4.78 is 2.13. The van der Waals surface area contributed by atoms with Crippen LogP contribution in [0.5, 0.6) is 0 Å². The molecule has 0 radical (unpaired) electrons. The van der Waals surface area contributed by atoms with Crippen molar-refractivity contribution in [2.75, 3.05) is 0 Å².